The average molecular weight is 345 g/mol. The number of anilines is 2. The highest BCUT2D eigenvalue weighted by Crippen LogP contribution is 2.51. The van der Waals surface area contributed by atoms with Crippen LogP contribution in [0.3, 0.4) is 0 Å². The number of carbonyl (C=O) groups is 2. The number of amides is 2. The van der Waals surface area contributed by atoms with E-state index in [1.165, 1.54) is 0 Å². The lowest BCUT2D eigenvalue weighted by Gasteiger charge is -2.33. The molecule has 0 radical (unpaired) electrons. The van der Waals surface area contributed by atoms with E-state index in [9.17, 15) is 9.59 Å². The van der Waals surface area contributed by atoms with Gasteiger partial charge in [0.1, 0.15) is 11.2 Å². The van der Waals surface area contributed by atoms with Crippen LogP contribution in [0.4, 0.5) is 11.5 Å². The SMILES string of the molecule is CC(C)(C)n1ncc2c1NC(=O)C[C@]21C(=O)Nc2c(Cl)cccc21. The third-order valence-electron chi connectivity index (χ3n) is 4.65. The van der Waals surface area contributed by atoms with Gasteiger partial charge in [0.25, 0.3) is 0 Å². The molecule has 1 spiro atoms. The standard InChI is InChI=1S/C17H17ClN4O2/c1-16(2,3)22-14-10(8-19-22)17(7-12(23)20-14)9-5-4-6-11(18)13(9)21-15(17)24/h4-6,8H,7H2,1-3H3,(H,20,23)(H,21,24)/t17-/m1/s1. The Morgan fingerprint density at radius 1 is 1.21 bits per heavy atom. The van der Waals surface area contributed by atoms with Crippen LogP contribution in [-0.4, -0.2) is 21.6 Å². The second kappa shape index (κ2) is 4.60. The number of halogens is 1. The van der Waals surface area contributed by atoms with Gasteiger partial charge in [-0.15, -0.1) is 0 Å². The van der Waals surface area contributed by atoms with Gasteiger partial charge in [-0.05, 0) is 32.4 Å². The van der Waals surface area contributed by atoms with Gasteiger partial charge in [-0.1, -0.05) is 23.7 Å². The maximum atomic E-state index is 12.9. The topological polar surface area (TPSA) is 76.0 Å². The van der Waals surface area contributed by atoms with Crippen LogP contribution in [0.1, 0.15) is 38.3 Å². The summed E-state index contributed by atoms with van der Waals surface area (Å²) in [5.41, 5.74) is 0.598. The van der Waals surface area contributed by atoms with Gasteiger partial charge in [-0.3, -0.25) is 9.59 Å². The van der Waals surface area contributed by atoms with E-state index >= 15 is 0 Å². The van der Waals surface area contributed by atoms with E-state index in [4.69, 9.17) is 11.6 Å². The molecule has 2 aromatic rings. The maximum Gasteiger partial charge on any atom is 0.240 e. The normalized spacial score (nSPS) is 22.2. The zero-order chi connectivity index (χ0) is 17.3. The first-order chi connectivity index (χ1) is 11.2. The first-order valence-electron chi connectivity index (χ1n) is 7.74. The van der Waals surface area contributed by atoms with Gasteiger partial charge in [0.05, 0.1) is 22.4 Å². The highest BCUT2D eigenvalue weighted by Gasteiger charge is 2.55. The molecule has 6 nitrogen and oxygen atoms in total. The number of hydrogen-bond acceptors (Lipinski definition) is 3. The van der Waals surface area contributed by atoms with Crippen molar-refractivity contribution in [2.75, 3.05) is 10.6 Å². The van der Waals surface area contributed by atoms with E-state index < -0.39 is 5.41 Å². The molecule has 1 aromatic carbocycles. The summed E-state index contributed by atoms with van der Waals surface area (Å²) in [6.45, 7) is 5.98. The molecule has 2 aliphatic rings. The lowest BCUT2D eigenvalue weighted by atomic mass is 9.72. The van der Waals surface area contributed by atoms with Crippen LogP contribution in [0.25, 0.3) is 0 Å². The van der Waals surface area contributed by atoms with Gasteiger partial charge < -0.3 is 10.6 Å². The highest BCUT2D eigenvalue weighted by molar-refractivity contribution is 6.35. The van der Waals surface area contributed by atoms with Gasteiger partial charge in [0, 0.05) is 12.0 Å². The number of benzene rings is 1. The Morgan fingerprint density at radius 2 is 1.96 bits per heavy atom. The van der Waals surface area contributed by atoms with Crippen LogP contribution >= 0.6 is 11.6 Å². The largest absolute Gasteiger partial charge is 0.323 e. The van der Waals surface area contributed by atoms with Crippen molar-refractivity contribution in [3.63, 3.8) is 0 Å². The van der Waals surface area contributed by atoms with Crippen LogP contribution in [0, 0.1) is 0 Å². The first-order valence-corrected chi connectivity index (χ1v) is 8.12. The Bertz CT molecular complexity index is 896. The van der Waals surface area contributed by atoms with Crippen LogP contribution < -0.4 is 10.6 Å². The van der Waals surface area contributed by atoms with Crippen molar-refractivity contribution in [2.45, 2.75) is 38.1 Å². The number of nitrogens with zero attached hydrogens (tertiary/aromatic N) is 2. The molecule has 0 fully saturated rings. The molecule has 4 rings (SSSR count). The molecule has 2 amide bonds. The summed E-state index contributed by atoms with van der Waals surface area (Å²) in [5, 5.41) is 10.6. The molecule has 1 aromatic heterocycles. The van der Waals surface area contributed by atoms with Gasteiger partial charge >= 0.3 is 0 Å². The minimum Gasteiger partial charge on any atom is -0.323 e. The van der Waals surface area contributed by atoms with Crippen molar-refractivity contribution in [1.29, 1.82) is 0 Å². The Balaban J connectivity index is 2.03. The summed E-state index contributed by atoms with van der Waals surface area (Å²) in [7, 11) is 0. The lowest BCUT2D eigenvalue weighted by molar-refractivity contribution is -0.125. The summed E-state index contributed by atoms with van der Waals surface area (Å²) >= 11 is 6.24. The molecule has 1 atom stereocenters. The molecule has 24 heavy (non-hydrogen) atoms. The predicted octanol–water partition coefficient (Wildman–Crippen LogP) is 2.87. The van der Waals surface area contributed by atoms with Crippen molar-refractivity contribution in [2.24, 2.45) is 0 Å². The van der Waals surface area contributed by atoms with Crippen molar-refractivity contribution in [3.05, 3.63) is 40.5 Å². The number of aromatic nitrogens is 2. The van der Waals surface area contributed by atoms with Crippen molar-refractivity contribution in [1.82, 2.24) is 9.78 Å². The molecule has 0 unspecified atom stereocenters. The summed E-state index contributed by atoms with van der Waals surface area (Å²) in [4.78, 5) is 25.4. The number of para-hydroxylation sites is 1. The third-order valence-corrected chi connectivity index (χ3v) is 4.96. The number of hydrogen-bond donors (Lipinski definition) is 2. The molecule has 7 heteroatoms. The second-order valence-electron chi connectivity index (χ2n) is 7.24. The molecular formula is C17H17ClN4O2. The van der Waals surface area contributed by atoms with Crippen molar-refractivity contribution in [3.8, 4) is 0 Å². The zero-order valence-electron chi connectivity index (χ0n) is 13.6. The van der Waals surface area contributed by atoms with Gasteiger partial charge in [0.2, 0.25) is 11.8 Å². The molecule has 124 valence electrons. The molecule has 2 N–H and O–H groups in total. The minimum absolute atomic E-state index is 0.0367. The van der Waals surface area contributed by atoms with E-state index in [0.717, 1.165) is 5.56 Å². The van der Waals surface area contributed by atoms with Crippen LogP contribution in [0.15, 0.2) is 24.4 Å². The summed E-state index contributed by atoms with van der Waals surface area (Å²) in [6.07, 6.45) is 1.71. The van der Waals surface area contributed by atoms with E-state index in [1.807, 2.05) is 26.8 Å². The Kier molecular flexibility index (Phi) is 2.91. The fourth-order valence-corrected chi connectivity index (χ4v) is 3.82. The minimum atomic E-state index is -1.08. The van der Waals surface area contributed by atoms with Crippen molar-refractivity contribution >= 4 is 34.9 Å². The van der Waals surface area contributed by atoms with Gasteiger partial charge in [-0.25, -0.2) is 4.68 Å². The number of fused-ring (bicyclic) bond motifs is 4. The van der Waals surface area contributed by atoms with Gasteiger partial charge in [0.15, 0.2) is 0 Å². The quantitative estimate of drug-likeness (QED) is 0.771. The fourth-order valence-electron chi connectivity index (χ4n) is 3.59. The van der Waals surface area contributed by atoms with Crippen LogP contribution in [0.5, 0.6) is 0 Å². The highest BCUT2D eigenvalue weighted by atomic mass is 35.5. The first kappa shape index (κ1) is 15.2. The lowest BCUT2D eigenvalue weighted by Crippen LogP contribution is -2.44. The van der Waals surface area contributed by atoms with E-state index in [1.54, 1.807) is 23.0 Å². The molecular weight excluding hydrogens is 328 g/mol. The zero-order valence-corrected chi connectivity index (χ0v) is 14.4. The average Bonchev–Trinajstić information content (AvgIpc) is 3.02. The molecule has 0 saturated carbocycles. The molecule has 0 saturated heterocycles. The molecule has 0 bridgehead atoms. The third kappa shape index (κ3) is 1.80. The van der Waals surface area contributed by atoms with Crippen LogP contribution in [0.2, 0.25) is 5.02 Å². The van der Waals surface area contributed by atoms with E-state index in [2.05, 4.69) is 15.7 Å². The van der Waals surface area contributed by atoms with Crippen LogP contribution in [-0.2, 0) is 20.5 Å². The maximum absolute atomic E-state index is 12.9. The second-order valence-corrected chi connectivity index (χ2v) is 7.64. The predicted molar refractivity (Wildman–Crippen MR) is 91.3 cm³/mol. The van der Waals surface area contributed by atoms with E-state index in [-0.39, 0.29) is 23.8 Å². The number of nitrogens with one attached hydrogen (secondary N) is 2. The fraction of sp³-hybridized carbons (Fsp3) is 0.353. The Labute approximate surface area is 144 Å². The summed E-state index contributed by atoms with van der Waals surface area (Å²) in [6, 6.07) is 5.36. The number of carbonyl (C=O) groups excluding carboxylic acids is 2. The van der Waals surface area contributed by atoms with Crippen molar-refractivity contribution < 1.29 is 9.59 Å². The molecule has 0 aliphatic carbocycles. The number of rotatable bonds is 0. The Hall–Kier alpha value is -2.34. The Morgan fingerprint density at radius 3 is 2.67 bits per heavy atom. The van der Waals surface area contributed by atoms with E-state index in [0.29, 0.717) is 22.1 Å². The summed E-state index contributed by atoms with van der Waals surface area (Å²) in [5.74, 6) is 0.119. The molecule has 2 aliphatic heterocycles. The monoisotopic (exact) mass is 344 g/mol. The summed E-state index contributed by atoms with van der Waals surface area (Å²) < 4.78 is 1.75. The smallest absolute Gasteiger partial charge is 0.240 e. The van der Waals surface area contributed by atoms with Gasteiger partial charge in [-0.2, -0.15) is 5.10 Å². The molecule has 3 heterocycles.